The van der Waals surface area contributed by atoms with Crippen molar-refractivity contribution in [2.24, 2.45) is 12.0 Å². The van der Waals surface area contributed by atoms with Crippen LogP contribution < -0.4 is 10.8 Å². The van der Waals surface area contributed by atoms with Gasteiger partial charge in [0.25, 0.3) is 0 Å². The van der Waals surface area contributed by atoms with Gasteiger partial charge in [-0.1, -0.05) is 18.2 Å². The van der Waals surface area contributed by atoms with E-state index >= 15 is 0 Å². The maximum absolute atomic E-state index is 5.23. The zero-order valence-electron chi connectivity index (χ0n) is 10.4. The molecule has 1 aromatic carbocycles. The average Bonchev–Trinajstić information content (AvgIpc) is 2.35. The number of benzene rings is 1. The maximum atomic E-state index is 5.23. The molecular formula is C14H15N3S. The Morgan fingerprint density at radius 1 is 1.22 bits per heavy atom. The van der Waals surface area contributed by atoms with Gasteiger partial charge in [0.15, 0.2) is 5.11 Å². The molecule has 18 heavy (non-hydrogen) atoms. The third kappa shape index (κ3) is 3.28. The number of hydrogen-bond donors (Lipinski definition) is 1. The minimum absolute atomic E-state index is 0.461. The van der Waals surface area contributed by atoms with Gasteiger partial charge in [-0.05, 0) is 49.0 Å². The van der Waals surface area contributed by atoms with E-state index in [1.165, 1.54) is 0 Å². The van der Waals surface area contributed by atoms with Crippen molar-refractivity contribution < 1.29 is 0 Å². The molecule has 2 aromatic rings. The van der Waals surface area contributed by atoms with E-state index in [0.717, 1.165) is 16.7 Å². The van der Waals surface area contributed by atoms with Crippen LogP contribution in [0.5, 0.6) is 0 Å². The first-order valence-corrected chi connectivity index (χ1v) is 6.10. The van der Waals surface area contributed by atoms with Gasteiger partial charge in [0.2, 0.25) is 0 Å². The van der Waals surface area contributed by atoms with Gasteiger partial charge in [0, 0.05) is 18.9 Å². The molecule has 2 rings (SSSR count). The van der Waals surface area contributed by atoms with Gasteiger partial charge in [-0.15, -0.1) is 0 Å². The Kier molecular flexibility index (Phi) is 3.89. The fourth-order valence-corrected chi connectivity index (χ4v) is 1.76. The fraction of sp³-hybridized carbons (Fsp3) is 0.143. The molecule has 0 saturated heterocycles. The van der Waals surface area contributed by atoms with E-state index in [2.05, 4.69) is 10.3 Å². The molecule has 0 unspecified atom stereocenters. The molecule has 0 atom stereocenters. The van der Waals surface area contributed by atoms with Crippen molar-refractivity contribution in [2.75, 3.05) is 5.32 Å². The van der Waals surface area contributed by atoms with Crippen molar-refractivity contribution in [3.05, 3.63) is 59.7 Å². The lowest BCUT2D eigenvalue weighted by atomic mass is 10.3. The van der Waals surface area contributed by atoms with Crippen molar-refractivity contribution in [1.82, 2.24) is 4.57 Å². The Balaban J connectivity index is 2.23. The Labute approximate surface area is 112 Å². The molecule has 1 N–H and O–H groups in total. The van der Waals surface area contributed by atoms with Gasteiger partial charge in [0.05, 0.1) is 0 Å². The van der Waals surface area contributed by atoms with Crippen LogP contribution in [0.25, 0.3) is 0 Å². The Hall–Kier alpha value is -1.94. The molecule has 0 spiro atoms. The number of nitrogens with one attached hydrogen (secondary N) is 1. The Morgan fingerprint density at radius 3 is 2.67 bits per heavy atom. The number of aromatic nitrogens is 1. The van der Waals surface area contributed by atoms with Crippen LogP contribution in [-0.2, 0) is 7.05 Å². The predicted octanol–water partition coefficient (Wildman–Crippen LogP) is 2.63. The quantitative estimate of drug-likeness (QED) is 0.796. The van der Waals surface area contributed by atoms with E-state index in [1.54, 1.807) is 0 Å². The summed E-state index contributed by atoms with van der Waals surface area (Å²) in [6.07, 6.45) is 1.97. The number of aryl methyl sites for hydroxylation is 2. The Morgan fingerprint density at radius 2 is 1.94 bits per heavy atom. The molecule has 4 heteroatoms. The van der Waals surface area contributed by atoms with Crippen LogP contribution in [0.1, 0.15) is 5.56 Å². The molecule has 0 aliphatic heterocycles. The first kappa shape index (κ1) is 12.5. The summed E-state index contributed by atoms with van der Waals surface area (Å²) in [6, 6.07) is 13.8. The molecule has 0 radical (unpaired) electrons. The second-order valence-corrected chi connectivity index (χ2v) is 4.47. The summed E-state index contributed by atoms with van der Waals surface area (Å²) >= 11 is 5.23. The normalized spacial score (nSPS) is 11.3. The number of para-hydroxylation sites is 1. The standard InChI is InChI=1S/C14H15N3S/c1-11-8-9-17(2)13(10-11)16-14(18)15-12-6-4-3-5-7-12/h3-10H,1-2H3,(H,15,18). The number of nitrogens with zero attached hydrogens (tertiary/aromatic N) is 2. The summed E-state index contributed by atoms with van der Waals surface area (Å²) in [5.41, 5.74) is 2.94. The monoisotopic (exact) mass is 257 g/mol. The van der Waals surface area contributed by atoms with Gasteiger partial charge in [-0.25, -0.2) is 4.99 Å². The number of anilines is 1. The Bertz CT molecular complexity index is 614. The molecule has 0 aliphatic carbocycles. The largest absolute Gasteiger partial charge is 0.336 e. The maximum Gasteiger partial charge on any atom is 0.199 e. The molecule has 0 amide bonds. The summed E-state index contributed by atoms with van der Waals surface area (Å²) < 4.78 is 1.94. The average molecular weight is 257 g/mol. The van der Waals surface area contributed by atoms with Crippen molar-refractivity contribution in [3.8, 4) is 0 Å². The van der Waals surface area contributed by atoms with Crippen LogP contribution in [0, 0.1) is 6.92 Å². The van der Waals surface area contributed by atoms with E-state index in [9.17, 15) is 0 Å². The molecular weight excluding hydrogens is 242 g/mol. The van der Waals surface area contributed by atoms with Crippen LogP contribution >= 0.6 is 12.2 Å². The van der Waals surface area contributed by atoms with E-state index in [-0.39, 0.29) is 0 Å². The van der Waals surface area contributed by atoms with E-state index in [4.69, 9.17) is 12.2 Å². The first-order valence-electron chi connectivity index (χ1n) is 5.69. The van der Waals surface area contributed by atoms with Crippen molar-refractivity contribution in [2.45, 2.75) is 6.92 Å². The van der Waals surface area contributed by atoms with Gasteiger partial charge < -0.3 is 9.88 Å². The predicted molar refractivity (Wildman–Crippen MR) is 78.4 cm³/mol. The highest BCUT2D eigenvalue weighted by Crippen LogP contribution is 2.05. The van der Waals surface area contributed by atoms with Crippen LogP contribution in [-0.4, -0.2) is 9.68 Å². The highest BCUT2D eigenvalue weighted by molar-refractivity contribution is 7.80. The van der Waals surface area contributed by atoms with Crippen LogP contribution in [0.15, 0.2) is 53.7 Å². The number of thiocarbonyl (C=S) groups is 1. The molecule has 92 valence electrons. The van der Waals surface area contributed by atoms with Crippen molar-refractivity contribution >= 4 is 23.0 Å². The summed E-state index contributed by atoms with van der Waals surface area (Å²) in [7, 11) is 1.95. The summed E-state index contributed by atoms with van der Waals surface area (Å²) in [4.78, 5) is 4.40. The zero-order valence-corrected chi connectivity index (χ0v) is 11.2. The lowest BCUT2D eigenvalue weighted by Crippen LogP contribution is -2.21. The lowest BCUT2D eigenvalue weighted by molar-refractivity contribution is 0.835. The molecule has 3 nitrogen and oxygen atoms in total. The lowest BCUT2D eigenvalue weighted by Gasteiger charge is -2.04. The first-order chi connectivity index (χ1) is 8.65. The minimum atomic E-state index is 0.461. The van der Waals surface area contributed by atoms with E-state index in [0.29, 0.717) is 5.11 Å². The summed E-state index contributed by atoms with van der Waals surface area (Å²) in [5.74, 6) is 0. The molecule has 1 aromatic heterocycles. The second-order valence-electron chi connectivity index (χ2n) is 4.08. The van der Waals surface area contributed by atoms with Crippen molar-refractivity contribution in [3.63, 3.8) is 0 Å². The smallest absolute Gasteiger partial charge is 0.199 e. The number of rotatable bonds is 1. The van der Waals surface area contributed by atoms with E-state index in [1.807, 2.05) is 67.2 Å². The van der Waals surface area contributed by atoms with E-state index < -0.39 is 0 Å². The number of hydrogen-bond acceptors (Lipinski definition) is 1. The highest BCUT2D eigenvalue weighted by Gasteiger charge is 1.95. The number of pyridine rings is 1. The second kappa shape index (κ2) is 5.60. The molecule has 0 saturated carbocycles. The van der Waals surface area contributed by atoms with Crippen LogP contribution in [0.3, 0.4) is 0 Å². The van der Waals surface area contributed by atoms with Crippen LogP contribution in [0.2, 0.25) is 0 Å². The molecule has 0 bridgehead atoms. The highest BCUT2D eigenvalue weighted by atomic mass is 32.1. The third-order valence-electron chi connectivity index (χ3n) is 2.52. The zero-order chi connectivity index (χ0) is 13.0. The van der Waals surface area contributed by atoms with Crippen LogP contribution in [0.4, 0.5) is 5.69 Å². The molecule has 1 heterocycles. The molecule has 0 fully saturated rings. The summed E-state index contributed by atoms with van der Waals surface area (Å²) in [6.45, 7) is 2.03. The van der Waals surface area contributed by atoms with Gasteiger partial charge in [-0.3, -0.25) is 0 Å². The third-order valence-corrected chi connectivity index (χ3v) is 2.71. The summed E-state index contributed by atoms with van der Waals surface area (Å²) in [5, 5.41) is 3.55. The van der Waals surface area contributed by atoms with Gasteiger partial charge >= 0.3 is 0 Å². The van der Waals surface area contributed by atoms with Gasteiger partial charge in [0.1, 0.15) is 5.49 Å². The van der Waals surface area contributed by atoms with Gasteiger partial charge in [-0.2, -0.15) is 0 Å². The van der Waals surface area contributed by atoms with Crippen molar-refractivity contribution in [1.29, 1.82) is 0 Å². The fourth-order valence-electron chi connectivity index (χ4n) is 1.55. The molecule has 0 aliphatic rings. The topological polar surface area (TPSA) is 29.3 Å². The minimum Gasteiger partial charge on any atom is -0.336 e. The SMILES string of the molecule is Cc1ccn(C)c(=NC(=S)Nc2ccccc2)c1.